The summed E-state index contributed by atoms with van der Waals surface area (Å²) in [5.41, 5.74) is 1.51. The second-order valence-electron chi connectivity index (χ2n) is 8.54. The lowest BCUT2D eigenvalue weighted by molar-refractivity contribution is -0.142. The fourth-order valence-corrected chi connectivity index (χ4v) is 4.61. The first-order valence-corrected chi connectivity index (χ1v) is 12.4. The highest BCUT2D eigenvalue weighted by atomic mass is 79.9. The summed E-state index contributed by atoms with van der Waals surface area (Å²) in [7, 11) is 0. The zero-order valence-electron chi connectivity index (χ0n) is 19.3. The fourth-order valence-electron chi connectivity index (χ4n) is 4.07. The van der Waals surface area contributed by atoms with Gasteiger partial charge >= 0.3 is 0 Å². The molecule has 1 N–H and O–H groups in total. The van der Waals surface area contributed by atoms with Crippen LogP contribution in [0.25, 0.3) is 0 Å². The molecule has 1 aliphatic rings. The number of hydrogen-bond donors (Lipinski definition) is 1. The molecule has 1 aliphatic carbocycles. The van der Waals surface area contributed by atoms with Crippen LogP contribution in [-0.2, 0) is 22.6 Å². The van der Waals surface area contributed by atoms with Crippen LogP contribution in [-0.4, -0.2) is 35.4 Å². The number of halogens is 2. The van der Waals surface area contributed by atoms with Gasteiger partial charge in [-0.1, -0.05) is 50.5 Å². The summed E-state index contributed by atoms with van der Waals surface area (Å²) in [4.78, 5) is 27.6. The van der Waals surface area contributed by atoms with Gasteiger partial charge in [0.1, 0.15) is 17.6 Å². The molecular formula is C26H32BrFN2O3. The van der Waals surface area contributed by atoms with Crippen molar-refractivity contribution in [3.8, 4) is 5.75 Å². The van der Waals surface area contributed by atoms with E-state index in [9.17, 15) is 14.0 Å². The Kier molecular flexibility index (Phi) is 9.30. The average Bonchev–Trinajstić information content (AvgIpc) is 2.82. The number of nitrogens with zero attached hydrogens (tertiary/aromatic N) is 1. The number of amides is 2. The monoisotopic (exact) mass is 518 g/mol. The molecule has 1 atom stereocenters. The minimum atomic E-state index is -0.756. The van der Waals surface area contributed by atoms with E-state index in [1.165, 1.54) is 17.4 Å². The molecule has 33 heavy (non-hydrogen) atoms. The molecule has 0 radical (unpaired) electrons. The Bertz CT molecular complexity index is 962. The Hall–Kier alpha value is -2.41. The van der Waals surface area contributed by atoms with Crippen LogP contribution in [0.4, 0.5) is 4.39 Å². The summed E-state index contributed by atoms with van der Waals surface area (Å²) in [6.45, 7) is 3.48. The number of aryl methyl sites for hydroxylation is 1. The second kappa shape index (κ2) is 12.2. The first-order chi connectivity index (χ1) is 15.9. The van der Waals surface area contributed by atoms with Gasteiger partial charge in [-0.05, 0) is 65.9 Å². The number of ether oxygens (including phenoxy) is 1. The molecule has 0 saturated heterocycles. The summed E-state index contributed by atoms with van der Waals surface area (Å²) in [6, 6.07) is 11.4. The second-order valence-corrected chi connectivity index (χ2v) is 9.39. The van der Waals surface area contributed by atoms with Crippen LogP contribution in [0.3, 0.4) is 0 Å². The van der Waals surface area contributed by atoms with Crippen LogP contribution in [0.1, 0.15) is 57.1 Å². The van der Waals surface area contributed by atoms with Gasteiger partial charge in [0.2, 0.25) is 5.91 Å². The lowest BCUT2D eigenvalue weighted by Crippen LogP contribution is -2.51. The Morgan fingerprint density at radius 1 is 1.18 bits per heavy atom. The number of benzene rings is 2. The maximum Gasteiger partial charge on any atom is 0.261 e. The quantitative estimate of drug-likeness (QED) is 0.483. The highest BCUT2D eigenvalue weighted by molar-refractivity contribution is 9.10. The van der Waals surface area contributed by atoms with Crippen LogP contribution in [0.5, 0.6) is 5.75 Å². The Balaban J connectivity index is 1.73. The summed E-state index contributed by atoms with van der Waals surface area (Å²) in [6.07, 6.45) is 6.16. The van der Waals surface area contributed by atoms with Crippen molar-refractivity contribution in [1.82, 2.24) is 10.2 Å². The molecule has 2 amide bonds. The maximum atomic E-state index is 14.3. The van der Waals surface area contributed by atoms with E-state index in [2.05, 4.69) is 28.2 Å². The van der Waals surface area contributed by atoms with Crippen molar-refractivity contribution < 1.29 is 18.7 Å². The lowest BCUT2D eigenvalue weighted by Gasteiger charge is -2.31. The van der Waals surface area contributed by atoms with Gasteiger partial charge in [-0.25, -0.2) is 4.39 Å². The molecule has 0 spiro atoms. The van der Waals surface area contributed by atoms with Crippen molar-refractivity contribution in [3.63, 3.8) is 0 Å². The minimum Gasteiger partial charge on any atom is -0.483 e. The van der Waals surface area contributed by atoms with Gasteiger partial charge in [0.15, 0.2) is 6.61 Å². The van der Waals surface area contributed by atoms with Crippen molar-refractivity contribution >= 4 is 27.7 Å². The predicted octanol–water partition coefficient (Wildman–Crippen LogP) is 5.40. The maximum absolute atomic E-state index is 14.3. The molecule has 1 fully saturated rings. The standard InChI is InChI=1S/C26H32BrFN2O3/c1-3-19-13-14-24(22(27)15-19)33-17-25(31)30(16-20-9-7-8-12-23(20)28)18(2)26(32)29-21-10-5-4-6-11-21/h7-9,12-15,18,21H,3-6,10-11,16-17H2,1-2H3,(H,29,32)/t18-/m0/s1. The van der Waals surface area contributed by atoms with Gasteiger partial charge in [-0.2, -0.15) is 0 Å². The van der Waals surface area contributed by atoms with Crippen LogP contribution in [0, 0.1) is 5.82 Å². The summed E-state index contributed by atoms with van der Waals surface area (Å²) in [5, 5.41) is 3.08. The van der Waals surface area contributed by atoms with Gasteiger partial charge < -0.3 is 15.0 Å². The van der Waals surface area contributed by atoms with Crippen LogP contribution < -0.4 is 10.1 Å². The van der Waals surface area contributed by atoms with E-state index in [0.717, 1.165) is 42.1 Å². The molecule has 0 aromatic heterocycles. The van der Waals surface area contributed by atoms with Crippen molar-refractivity contribution in [1.29, 1.82) is 0 Å². The van der Waals surface area contributed by atoms with Crippen molar-refractivity contribution in [2.24, 2.45) is 0 Å². The summed E-state index contributed by atoms with van der Waals surface area (Å²) < 4.78 is 20.9. The SMILES string of the molecule is CCc1ccc(OCC(=O)N(Cc2ccccc2F)[C@@H](C)C(=O)NC2CCCCC2)c(Br)c1. The smallest absolute Gasteiger partial charge is 0.261 e. The first kappa shape index (κ1) is 25.2. The normalized spacial score (nSPS) is 15.0. The van der Waals surface area contributed by atoms with E-state index in [0.29, 0.717) is 11.3 Å². The van der Waals surface area contributed by atoms with Crippen molar-refractivity contribution in [2.45, 2.75) is 71.0 Å². The molecule has 1 saturated carbocycles. The van der Waals surface area contributed by atoms with Crippen LogP contribution in [0.2, 0.25) is 0 Å². The van der Waals surface area contributed by atoms with Crippen molar-refractivity contribution in [2.75, 3.05) is 6.61 Å². The molecule has 0 bridgehead atoms. The van der Waals surface area contributed by atoms with E-state index in [-0.39, 0.29) is 31.0 Å². The Morgan fingerprint density at radius 2 is 1.91 bits per heavy atom. The molecule has 3 rings (SSSR count). The predicted molar refractivity (Wildman–Crippen MR) is 130 cm³/mol. The van der Waals surface area contributed by atoms with Gasteiger partial charge in [-0.3, -0.25) is 9.59 Å². The number of nitrogens with one attached hydrogen (secondary N) is 1. The van der Waals surface area contributed by atoms with Crippen molar-refractivity contribution in [3.05, 3.63) is 63.9 Å². The Labute approximate surface area is 203 Å². The molecule has 5 nitrogen and oxygen atoms in total. The summed E-state index contributed by atoms with van der Waals surface area (Å²) in [5.74, 6) is -0.462. The number of hydrogen-bond acceptors (Lipinski definition) is 3. The average molecular weight is 519 g/mol. The Morgan fingerprint density at radius 3 is 2.58 bits per heavy atom. The molecule has 2 aromatic rings. The van der Waals surface area contributed by atoms with E-state index in [1.807, 2.05) is 18.2 Å². The number of carbonyl (C=O) groups excluding carboxylic acids is 2. The van der Waals surface area contributed by atoms with Gasteiger partial charge in [0.05, 0.1) is 4.47 Å². The first-order valence-electron chi connectivity index (χ1n) is 11.6. The molecular weight excluding hydrogens is 487 g/mol. The number of rotatable bonds is 9. The molecule has 178 valence electrons. The minimum absolute atomic E-state index is 0.00986. The third-order valence-electron chi connectivity index (χ3n) is 6.17. The van der Waals surface area contributed by atoms with E-state index in [1.54, 1.807) is 25.1 Å². The molecule has 2 aromatic carbocycles. The van der Waals surface area contributed by atoms with Crippen LogP contribution in [0.15, 0.2) is 46.9 Å². The van der Waals surface area contributed by atoms with Gasteiger partial charge in [0.25, 0.3) is 5.91 Å². The molecule has 0 aliphatic heterocycles. The van der Waals surface area contributed by atoms with E-state index >= 15 is 0 Å². The van der Waals surface area contributed by atoms with E-state index < -0.39 is 11.9 Å². The zero-order valence-corrected chi connectivity index (χ0v) is 20.9. The zero-order chi connectivity index (χ0) is 23.8. The number of carbonyl (C=O) groups is 2. The highest BCUT2D eigenvalue weighted by Gasteiger charge is 2.29. The molecule has 0 unspecified atom stereocenters. The fraction of sp³-hybridized carbons (Fsp3) is 0.462. The summed E-state index contributed by atoms with van der Waals surface area (Å²) >= 11 is 3.48. The topological polar surface area (TPSA) is 58.6 Å². The van der Waals surface area contributed by atoms with Gasteiger partial charge in [0, 0.05) is 18.2 Å². The third-order valence-corrected chi connectivity index (χ3v) is 6.79. The van der Waals surface area contributed by atoms with Crippen LogP contribution >= 0.6 is 15.9 Å². The molecule has 0 heterocycles. The highest BCUT2D eigenvalue weighted by Crippen LogP contribution is 2.26. The van der Waals surface area contributed by atoms with E-state index in [4.69, 9.17) is 4.74 Å². The third kappa shape index (κ3) is 7.03. The lowest BCUT2D eigenvalue weighted by atomic mass is 9.95. The largest absolute Gasteiger partial charge is 0.483 e. The van der Waals surface area contributed by atoms with Gasteiger partial charge in [-0.15, -0.1) is 0 Å². The molecule has 7 heteroatoms.